The lowest BCUT2D eigenvalue weighted by molar-refractivity contribution is -0.384. The molecule has 0 aromatic heterocycles. The Hall–Kier alpha value is -3.46. The number of carbonyl (C=O) groups is 3. The molecule has 0 bridgehead atoms. The van der Waals surface area contributed by atoms with Gasteiger partial charge in [-0.1, -0.05) is 23.7 Å². The van der Waals surface area contributed by atoms with Crippen molar-refractivity contribution < 1.29 is 24.0 Å². The highest BCUT2D eigenvalue weighted by Crippen LogP contribution is 2.27. The Morgan fingerprint density at radius 1 is 1.24 bits per heavy atom. The van der Waals surface area contributed by atoms with E-state index in [0.717, 1.165) is 0 Å². The van der Waals surface area contributed by atoms with E-state index < -0.39 is 29.3 Å². The van der Waals surface area contributed by atoms with E-state index in [0.29, 0.717) is 10.7 Å². The van der Waals surface area contributed by atoms with Crippen molar-refractivity contribution in [1.29, 1.82) is 0 Å². The molecule has 2 amide bonds. The number of anilines is 2. The average molecular weight is 418 g/mol. The molecule has 150 valence electrons. The molecule has 0 spiro atoms. The quantitative estimate of drug-likeness (QED) is 0.438. The number of nitro benzene ring substituents is 1. The topological polar surface area (TPSA) is 119 Å². The third-order valence-corrected chi connectivity index (χ3v) is 4.50. The Labute approximate surface area is 170 Å². The zero-order valence-corrected chi connectivity index (χ0v) is 15.8. The largest absolute Gasteiger partial charge is 0.455 e. The van der Waals surface area contributed by atoms with Crippen molar-refractivity contribution in [3.63, 3.8) is 0 Å². The summed E-state index contributed by atoms with van der Waals surface area (Å²) in [6.45, 7) is -0.437. The summed E-state index contributed by atoms with van der Waals surface area (Å²) in [6.07, 6.45) is -0.0299. The highest BCUT2D eigenvalue weighted by molar-refractivity contribution is 6.31. The molecule has 0 saturated carbocycles. The number of ether oxygens (including phenoxy) is 1. The SMILES string of the molecule is O=C(COC(=O)[C@H]1CC(=O)N(c2cccc(Cl)c2)C1)Nc1cccc([N+](=O)[O-])c1. The molecule has 0 radical (unpaired) electrons. The number of non-ortho nitro benzene ring substituents is 1. The molecule has 29 heavy (non-hydrogen) atoms. The van der Waals surface area contributed by atoms with Gasteiger partial charge in [0, 0.05) is 41.5 Å². The smallest absolute Gasteiger partial charge is 0.311 e. The van der Waals surface area contributed by atoms with Crippen molar-refractivity contribution in [2.45, 2.75) is 6.42 Å². The minimum Gasteiger partial charge on any atom is -0.455 e. The molecular weight excluding hydrogens is 402 g/mol. The molecule has 1 atom stereocenters. The zero-order valence-electron chi connectivity index (χ0n) is 15.0. The van der Waals surface area contributed by atoms with E-state index in [1.165, 1.54) is 29.2 Å². The molecule has 1 fully saturated rings. The molecule has 1 N–H and O–H groups in total. The predicted octanol–water partition coefficient (Wildman–Crippen LogP) is 2.78. The maximum atomic E-state index is 12.2. The van der Waals surface area contributed by atoms with Crippen LogP contribution in [0.3, 0.4) is 0 Å². The van der Waals surface area contributed by atoms with Crippen LogP contribution in [0.15, 0.2) is 48.5 Å². The summed E-state index contributed by atoms with van der Waals surface area (Å²) < 4.78 is 5.00. The van der Waals surface area contributed by atoms with Crippen LogP contribution in [0.5, 0.6) is 0 Å². The lowest BCUT2D eigenvalue weighted by atomic mass is 10.1. The summed E-state index contributed by atoms with van der Waals surface area (Å²) in [5.41, 5.74) is 0.620. The number of rotatable bonds is 6. The second kappa shape index (κ2) is 8.70. The molecule has 1 aliphatic heterocycles. The third kappa shape index (κ3) is 5.08. The van der Waals surface area contributed by atoms with Gasteiger partial charge in [-0.3, -0.25) is 24.5 Å². The molecular formula is C19H16ClN3O6. The van der Waals surface area contributed by atoms with E-state index >= 15 is 0 Å². The first-order valence-corrected chi connectivity index (χ1v) is 8.98. The first-order valence-electron chi connectivity index (χ1n) is 8.60. The van der Waals surface area contributed by atoms with Gasteiger partial charge >= 0.3 is 5.97 Å². The Balaban J connectivity index is 1.53. The van der Waals surface area contributed by atoms with Gasteiger partial charge in [-0.15, -0.1) is 0 Å². The van der Waals surface area contributed by atoms with E-state index in [-0.39, 0.29) is 30.2 Å². The van der Waals surface area contributed by atoms with E-state index in [2.05, 4.69) is 5.32 Å². The van der Waals surface area contributed by atoms with Crippen LogP contribution in [0.25, 0.3) is 0 Å². The summed E-state index contributed by atoms with van der Waals surface area (Å²) in [5, 5.41) is 13.7. The van der Waals surface area contributed by atoms with Crippen molar-refractivity contribution >= 4 is 46.4 Å². The maximum Gasteiger partial charge on any atom is 0.311 e. The zero-order chi connectivity index (χ0) is 21.0. The highest BCUT2D eigenvalue weighted by atomic mass is 35.5. The standard InChI is InChI=1S/C19H16ClN3O6/c20-13-3-1-5-15(8-13)22-10-12(7-18(22)25)19(26)29-11-17(24)21-14-4-2-6-16(9-14)23(27)28/h1-6,8-9,12H,7,10-11H2,(H,21,24)/t12-/m0/s1. The molecule has 10 heteroatoms. The lowest BCUT2D eigenvalue weighted by Crippen LogP contribution is -2.28. The number of halogens is 1. The molecule has 1 saturated heterocycles. The van der Waals surface area contributed by atoms with Gasteiger partial charge < -0.3 is 15.0 Å². The first kappa shape index (κ1) is 20.3. The Kier molecular flexibility index (Phi) is 6.08. The molecule has 2 aromatic carbocycles. The van der Waals surface area contributed by atoms with E-state index in [1.54, 1.807) is 24.3 Å². The Morgan fingerprint density at radius 3 is 2.72 bits per heavy atom. The van der Waals surface area contributed by atoms with Crippen LogP contribution in [-0.2, 0) is 19.1 Å². The van der Waals surface area contributed by atoms with E-state index in [1.807, 2.05) is 0 Å². The number of hydrogen-bond acceptors (Lipinski definition) is 6. The maximum absolute atomic E-state index is 12.2. The minimum atomic E-state index is -0.702. The lowest BCUT2D eigenvalue weighted by Gasteiger charge is -2.16. The molecule has 2 aromatic rings. The van der Waals surface area contributed by atoms with Gasteiger partial charge in [-0.2, -0.15) is 0 Å². The molecule has 1 aliphatic rings. The first-order chi connectivity index (χ1) is 13.8. The number of benzene rings is 2. The minimum absolute atomic E-state index is 0.0299. The van der Waals surface area contributed by atoms with Gasteiger partial charge in [0.1, 0.15) is 0 Å². The summed E-state index contributed by atoms with van der Waals surface area (Å²) in [7, 11) is 0. The predicted molar refractivity (Wildman–Crippen MR) is 105 cm³/mol. The van der Waals surface area contributed by atoms with E-state index in [4.69, 9.17) is 16.3 Å². The number of nitrogens with one attached hydrogen (secondary N) is 1. The van der Waals surface area contributed by atoms with Crippen LogP contribution in [0.4, 0.5) is 17.1 Å². The van der Waals surface area contributed by atoms with Crippen LogP contribution in [-0.4, -0.2) is 35.9 Å². The van der Waals surface area contributed by atoms with Crippen LogP contribution < -0.4 is 10.2 Å². The molecule has 0 unspecified atom stereocenters. The van der Waals surface area contributed by atoms with Crippen molar-refractivity contribution in [2.75, 3.05) is 23.4 Å². The van der Waals surface area contributed by atoms with Crippen LogP contribution in [0.1, 0.15) is 6.42 Å². The van der Waals surface area contributed by atoms with Gasteiger partial charge in [0.15, 0.2) is 6.61 Å². The van der Waals surface area contributed by atoms with Crippen molar-refractivity contribution in [3.05, 3.63) is 63.7 Å². The van der Waals surface area contributed by atoms with Crippen LogP contribution in [0.2, 0.25) is 5.02 Å². The van der Waals surface area contributed by atoms with Gasteiger partial charge in [0.2, 0.25) is 5.91 Å². The normalized spacial score (nSPS) is 15.8. The van der Waals surface area contributed by atoms with Crippen LogP contribution in [0, 0.1) is 16.0 Å². The van der Waals surface area contributed by atoms with E-state index in [9.17, 15) is 24.5 Å². The summed E-state index contributed by atoms with van der Waals surface area (Å²) in [6, 6.07) is 12.1. The fourth-order valence-electron chi connectivity index (χ4n) is 2.91. The fraction of sp³-hybridized carbons (Fsp3) is 0.211. The van der Waals surface area contributed by atoms with Gasteiger partial charge in [0.05, 0.1) is 10.8 Å². The average Bonchev–Trinajstić information content (AvgIpc) is 3.08. The second-order valence-electron chi connectivity index (χ2n) is 6.35. The van der Waals surface area contributed by atoms with Crippen molar-refractivity contribution in [3.8, 4) is 0 Å². The van der Waals surface area contributed by atoms with Crippen molar-refractivity contribution in [1.82, 2.24) is 0 Å². The number of esters is 1. The molecule has 0 aliphatic carbocycles. The highest BCUT2D eigenvalue weighted by Gasteiger charge is 2.36. The number of amides is 2. The summed E-state index contributed by atoms with van der Waals surface area (Å²) >= 11 is 5.94. The van der Waals surface area contributed by atoms with Gasteiger partial charge in [-0.25, -0.2) is 0 Å². The fourth-order valence-corrected chi connectivity index (χ4v) is 3.09. The third-order valence-electron chi connectivity index (χ3n) is 4.26. The molecule has 3 rings (SSSR count). The summed E-state index contributed by atoms with van der Waals surface area (Å²) in [4.78, 5) is 48.0. The molecule has 9 nitrogen and oxygen atoms in total. The van der Waals surface area contributed by atoms with Gasteiger partial charge in [0.25, 0.3) is 11.6 Å². The monoisotopic (exact) mass is 417 g/mol. The summed E-state index contributed by atoms with van der Waals surface area (Å²) in [5.74, 6) is -2.26. The second-order valence-corrected chi connectivity index (χ2v) is 6.79. The number of carbonyl (C=O) groups excluding carboxylic acids is 3. The van der Waals surface area contributed by atoms with Crippen molar-refractivity contribution in [2.24, 2.45) is 5.92 Å². The molecule has 1 heterocycles. The number of hydrogen-bond donors (Lipinski definition) is 1. The van der Waals surface area contributed by atoms with Gasteiger partial charge in [-0.05, 0) is 24.3 Å². The van der Waals surface area contributed by atoms with Crippen LogP contribution >= 0.6 is 11.6 Å². The number of nitro groups is 1. The number of nitrogens with zero attached hydrogens (tertiary/aromatic N) is 2. The Bertz CT molecular complexity index is 980. The Morgan fingerprint density at radius 2 is 2.00 bits per heavy atom.